The molecule has 1 aliphatic rings. The fraction of sp³-hybridized carbons (Fsp3) is 0.304. The highest BCUT2D eigenvalue weighted by Gasteiger charge is 2.29. The molecule has 2 atom stereocenters. The molecule has 12 heteroatoms. The lowest BCUT2D eigenvalue weighted by atomic mass is 10.1. The molecule has 1 aliphatic heterocycles. The number of rotatable bonds is 7. The number of fused-ring (bicyclic) bond motifs is 1. The number of aryl methyl sites for hydroxylation is 1. The molecule has 0 bridgehead atoms. The molecule has 0 spiro atoms. The summed E-state index contributed by atoms with van der Waals surface area (Å²) in [5.41, 5.74) is 2.46. The van der Waals surface area contributed by atoms with E-state index in [-0.39, 0.29) is 29.7 Å². The van der Waals surface area contributed by atoms with Crippen LogP contribution >= 0.6 is 0 Å². The summed E-state index contributed by atoms with van der Waals surface area (Å²) in [7, 11) is 4.89. The van der Waals surface area contributed by atoms with Gasteiger partial charge in [0.2, 0.25) is 11.9 Å². The van der Waals surface area contributed by atoms with Gasteiger partial charge in [-0.15, -0.1) is 5.10 Å². The average Bonchev–Trinajstić information content (AvgIpc) is 3.59. The number of methoxy groups -OCH3 is 2. The minimum absolute atomic E-state index is 0.00816. The Morgan fingerprint density at radius 2 is 2.14 bits per heavy atom. The van der Waals surface area contributed by atoms with Crippen molar-refractivity contribution >= 4 is 34.1 Å². The van der Waals surface area contributed by atoms with Gasteiger partial charge in [-0.3, -0.25) is 9.48 Å². The van der Waals surface area contributed by atoms with Crippen molar-refractivity contribution in [3.05, 3.63) is 42.6 Å². The summed E-state index contributed by atoms with van der Waals surface area (Å²) in [5, 5.41) is 14.0. The van der Waals surface area contributed by atoms with Crippen LogP contribution in [0.2, 0.25) is 0 Å². The van der Waals surface area contributed by atoms with Gasteiger partial charge in [-0.1, -0.05) is 12.1 Å². The summed E-state index contributed by atoms with van der Waals surface area (Å²) < 4.78 is 27.0. The zero-order valence-corrected chi connectivity index (χ0v) is 19.4. The molecule has 0 saturated carbocycles. The number of aromatic nitrogens is 5. The van der Waals surface area contributed by atoms with Crippen molar-refractivity contribution in [2.45, 2.75) is 18.6 Å². The van der Waals surface area contributed by atoms with Crippen molar-refractivity contribution in [3.8, 4) is 17.1 Å². The molecule has 182 valence electrons. The van der Waals surface area contributed by atoms with Crippen LogP contribution in [-0.2, 0) is 16.6 Å². The maximum Gasteiger partial charge on any atom is 0.256 e. The third kappa shape index (κ3) is 4.40. The highest BCUT2D eigenvalue weighted by atomic mass is 19.1. The number of carbonyl (C=O) groups is 1. The first-order valence-electron chi connectivity index (χ1n) is 11.0. The molecule has 11 nitrogen and oxygen atoms in total. The number of carbonyl (C=O) groups excluding carboxylic acids is 1. The lowest BCUT2D eigenvalue weighted by Crippen LogP contribution is -2.35. The number of H-pyrrole nitrogens is 1. The van der Waals surface area contributed by atoms with Crippen LogP contribution in [-0.4, -0.2) is 63.5 Å². The number of para-hydroxylation sites is 1. The normalized spacial score (nSPS) is 17.6. The molecule has 35 heavy (non-hydrogen) atoms. The van der Waals surface area contributed by atoms with E-state index in [1.165, 1.54) is 7.11 Å². The van der Waals surface area contributed by atoms with Gasteiger partial charge >= 0.3 is 0 Å². The number of aromatic amines is 1. The Balaban J connectivity index is 1.43. The van der Waals surface area contributed by atoms with E-state index in [0.717, 1.165) is 6.20 Å². The van der Waals surface area contributed by atoms with Gasteiger partial charge in [0.15, 0.2) is 5.82 Å². The number of benzene rings is 1. The fourth-order valence-electron chi connectivity index (χ4n) is 4.20. The summed E-state index contributed by atoms with van der Waals surface area (Å²) in [6.45, 7) is 0.625. The number of ether oxygens (including phenoxy) is 2. The van der Waals surface area contributed by atoms with Gasteiger partial charge in [-0.05, 0) is 12.5 Å². The molecule has 0 radical (unpaired) electrons. The first-order valence-corrected chi connectivity index (χ1v) is 11.0. The zero-order chi connectivity index (χ0) is 24.5. The second kappa shape index (κ2) is 9.31. The Morgan fingerprint density at radius 1 is 1.29 bits per heavy atom. The average molecular weight is 481 g/mol. The molecule has 1 fully saturated rings. The zero-order valence-electron chi connectivity index (χ0n) is 19.4. The number of anilines is 3. The maximum atomic E-state index is 14.8. The van der Waals surface area contributed by atoms with E-state index in [9.17, 15) is 9.18 Å². The highest BCUT2D eigenvalue weighted by Crippen LogP contribution is 2.34. The van der Waals surface area contributed by atoms with Gasteiger partial charge in [0.1, 0.15) is 11.4 Å². The number of amides is 1. The molecular formula is C23H25FN8O3. The maximum absolute atomic E-state index is 14.8. The van der Waals surface area contributed by atoms with Crippen LogP contribution in [0.1, 0.15) is 6.42 Å². The summed E-state index contributed by atoms with van der Waals surface area (Å²) in [6, 6.07) is 5.08. The van der Waals surface area contributed by atoms with Crippen molar-refractivity contribution < 1.29 is 18.7 Å². The van der Waals surface area contributed by atoms with Gasteiger partial charge in [0.05, 0.1) is 42.9 Å². The van der Waals surface area contributed by atoms with E-state index in [4.69, 9.17) is 9.47 Å². The molecule has 1 amide bonds. The Morgan fingerprint density at radius 3 is 2.91 bits per heavy atom. The Labute approximate surface area is 200 Å². The van der Waals surface area contributed by atoms with Crippen LogP contribution in [0.4, 0.5) is 21.7 Å². The second-order valence-corrected chi connectivity index (χ2v) is 8.21. The van der Waals surface area contributed by atoms with Gasteiger partial charge in [-0.2, -0.15) is 0 Å². The molecule has 4 N–H and O–H groups in total. The molecular weight excluding hydrogens is 455 g/mol. The molecule has 5 rings (SSSR count). The van der Waals surface area contributed by atoms with E-state index >= 15 is 0 Å². The number of halogens is 1. The highest BCUT2D eigenvalue weighted by molar-refractivity contribution is 6.06. The minimum Gasteiger partial charge on any atom is -0.478 e. The molecule has 0 aliphatic carbocycles. The molecule has 4 aromatic rings. The van der Waals surface area contributed by atoms with Crippen molar-refractivity contribution in [1.82, 2.24) is 30.0 Å². The van der Waals surface area contributed by atoms with Crippen molar-refractivity contribution in [1.29, 1.82) is 0 Å². The summed E-state index contributed by atoms with van der Waals surface area (Å²) in [4.78, 5) is 24.4. The molecule has 4 heterocycles. The quantitative estimate of drug-likeness (QED) is 0.318. The summed E-state index contributed by atoms with van der Waals surface area (Å²) in [5.74, 6) is -0.183. The van der Waals surface area contributed by atoms with Crippen molar-refractivity contribution in [3.63, 3.8) is 0 Å². The van der Waals surface area contributed by atoms with Crippen LogP contribution in [0.5, 0.6) is 5.88 Å². The number of hydrogen-bond acceptors (Lipinski definition) is 8. The minimum atomic E-state index is -0.579. The van der Waals surface area contributed by atoms with Crippen LogP contribution in [0, 0.1) is 5.82 Å². The van der Waals surface area contributed by atoms with Crippen molar-refractivity contribution in [2.24, 2.45) is 7.05 Å². The van der Waals surface area contributed by atoms with E-state index in [0.29, 0.717) is 46.7 Å². The number of hydrogen-bond donors (Lipinski definition) is 4. The Bertz CT molecular complexity index is 1380. The van der Waals surface area contributed by atoms with E-state index in [1.54, 1.807) is 43.4 Å². The standard InChI is InChI=1S/C23H25FN8O3/c1-32-11-18(22(31-32)35-3)29-23-27-10-15(24)19(30-23)14-9-26-20-13(14)5-4-6-16(20)28-21(33)17-7-12(34-2)8-25-17/h4-6,9-12,17,25-26H,7-8H2,1-3H3,(H,28,33)(H,27,29,30)/t12-,17+/m0/s1. The number of nitrogens with one attached hydrogen (secondary N) is 4. The molecule has 3 aromatic heterocycles. The first kappa shape index (κ1) is 22.7. The van der Waals surface area contributed by atoms with Gasteiger partial charge in [0.25, 0.3) is 5.88 Å². The fourth-order valence-corrected chi connectivity index (χ4v) is 4.20. The van der Waals surface area contributed by atoms with Gasteiger partial charge < -0.3 is 30.4 Å². The van der Waals surface area contributed by atoms with Crippen LogP contribution in [0.15, 0.2) is 36.8 Å². The SMILES string of the molecule is COc1nn(C)cc1Nc1ncc(F)c(-c2c[nH]c3c(NC(=O)[C@H]4C[C@H](OC)CN4)cccc23)n1. The van der Waals surface area contributed by atoms with Crippen LogP contribution in [0.3, 0.4) is 0 Å². The smallest absolute Gasteiger partial charge is 0.256 e. The lowest BCUT2D eigenvalue weighted by molar-refractivity contribution is -0.118. The predicted octanol–water partition coefficient (Wildman–Crippen LogP) is 2.57. The van der Waals surface area contributed by atoms with E-state index in [2.05, 4.69) is 36.0 Å². The third-order valence-corrected chi connectivity index (χ3v) is 5.95. The topological polar surface area (TPSA) is 131 Å². The second-order valence-electron chi connectivity index (χ2n) is 8.21. The van der Waals surface area contributed by atoms with E-state index < -0.39 is 5.82 Å². The molecule has 1 aromatic carbocycles. The summed E-state index contributed by atoms with van der Waals surface area (Å²) in [6.07, 6.45) is 5.08. The van der Waals surface area contributed by atoms with E-state index in [1.807, 2.05) is 6.07 Å². The number of nitrogens with zero attached hydrogens (tertiary/aromatic N) is 4. The monoisotopic (exact) mass is 480 g/mol. The van der Waals surface area contributed by atoms with Crippen molar-refractivity contribution in [2.75, 3.05) is 31.4 Å². The molecule has 0 unspecified atom stereocenters. The van der Waals surface area contributed by atoms with Gasteiger partial charge in [0, 0.05) is 37.8 Å². The molecule has 1 saturated heterocycles. The van der Waals surface area contributed by atoms with Gasteiger partial charge in [-0.25, -0.2) is 14.4 Å². The Hall–Kier alpha value is -4.03. The lowest BCUT2D eigenvalue weighted by Gasteiger charge is -2.12. The predicted molar refractivity (Wildman–Crippen MR) is 128 cm³/mol. The summed E-state index contributed by atoms with van der Waals surface area (Å²) >= 11 is 0. The largest absolute Gasteiger partial charge is 0.478 e. The van der Waals surface area contributed by atoms with Crippen LogP contribution < -0.4 is 20.7 Å². The first-order chi connectivity index (χ1) is 17.0. The Kier molecular flexibility index (Phi) is 6.05. The van der Waals surface area contributed by atoms with Crippen LogP contribution in [0.25, 0.3) is 22.2 Å². The third-order valence-electron chi connectivity index (χ3n) is 5.95.